The van der Waals surface area contributed by atoms with Gasteiger partial charge in [0.25, 0.3) is 0 Å². The fourth-order valence-corrected chi connectivity index (χ4v) is 2.43. The average molecular weight is 219 g/mol. The first kappa shape index (κ1) is 10.5. The third-order valence-corrected chi connectivity index (χ3v) is 3.25. The summed E-state index contributed by atoms with van der Waals surface area (Å²) in [4.78, 5) is 12.3. The van der Waals surface area contributed by atoms with Crippen molar-refractivity contribution < 1.29 is 9.53 Å². The summed E-state index contributed by atoms with van der Waals surface area (Å²) in [6.07, 6.45) is 0. The normalized spacial score (nSPS) is 10.2. The molecule has 1 aromatic rings. The predicted octanol–water partition coefficient (Wildman–Crippen LogP) is 3.20. The molecule has 0 saturated heterocycles. The number of ether oxygens (including phenoxy) is 1. The van der Waals surface area contributed by atoms with Crippen molar-refractivity contribution in [2.45, 2.75) is 20.8 Å². The molecule has 0 amide bonds. The highest BCUT2D eigenvalue weighted by Crippen LogP contribution is 2.31. The van der Waals surface area contributed by atoms with Crippen molar-refractivity contribution in [2.24, 2.45) is 0 Å². The van der Waals surface area contributed by atoms with Crippen molar-refractivity contribution in [3.63, 3.8) is 0 Å². The van der Waals surface area contributed by atoms with Gasteiger partial charge in [0, 0.05) is 4.88 Å². The lowest BCUT2D eigenvalue weighted by atomic mass is 10.2. The molecule has 1 heterocycles. The summed E-state index contributed by atoms with van der Waals surface area (Å²) in [5.74, 6) is -0.277. The quantitative estimate of drug-likeness (QED) is 0.713. The van der Waals surface area contributed by atoms with Gasteiger partial charge in [-0.05, 0) is 26.3 Å². The highest BCUT2D eigenvalue weighted by molar-refractivity contribution is 7.16. The molecule has 0 aromatic carbocycles. The van der Waals surface area contributed by atoms with E-state index in [4.69, 9.17) is 16.3 Å². The zero-order chi connectivity index (χ0) is 10.0. The van der Waals surface area contributed by atoms with Crippen LogP contribution in [0.5, 0.6) is 0 Å². The van der Waals surface area contributed by atoms with E-state index < -0.39 is 0 Å². The fourth-order valence-electron chi connectivity index (χ4n) is 1.12. The Morgan fingerprint density at radius 3 is 2.54 bits per heavy atom. The molecular formula is C9H11ClO2S. The van der Waals surface area contributed by atoms with Crippen molar-refractivity contribution >= 4 is 28.9 Å². The predicted molar refractivity (Wildman–Crippen MR) is 54.8 cm³/mol. The fraction of sp³-hybridized carbons (Fsp3) is 0.444. The van der Waals surface area contributed by atoms with Gasteiger partial charge in [0.1, 0.15) is 0 Å². The summed E-state index contributed by atoms with van der Waals surface area (Å²) in [5, 5.41) is 0. The maximum atomic E-state index is 11.4. The molecule has 2 nitrogen and oxygen atoms in total. The van der Waals surface area contributed by atoms with Gasteiger partial charge in [-0.15, -0.1) is 11.3 Å². The molecule has 0 aliphatic carbocycles. The summed E-state index contributed by atoms with van der Waals surface area (Å²) in [5.41, 5.74) is 1.44. The second-order valence-corrected chi connectivity index (χ2v) is 4.48. The van der Waals surface area contributed by atoms with Crippen LogP contribution in [0.4, 0.5) is 0 Å². The first-order valence-electron chi connectivity index (χ1n) is 4.00. The molecule has 0 bridgehead atoms. The topological polar surface area (TPSA) is 26.3 Å². The molecule has 0 unspecified atom stereocenters. The summed E-state index contributed by atoms with van der Waals surface area (Å²) in [6, 6.07) is 0. The average Bonchev–Trinajstić information content (AvgIpc) is 2.27. The zero-order valence-electron chi connectivity index (χ0n) is 7.81. The van der Waals surface area contributed by atoms with Gasteiger partial charge in [0.15, 0.2) is 0 Å². The third-order valence-electron chi connectivity index (χ3n) is 1.74. The van der Waals surface area contributed by atoms with Gasteiger partial charge < -0.3 is 4.74 Å². The Labute approximate surface area is 86.5 Å². The summed E-state index contributed by atoms with van der Waals surface area (Å²) in [7, 11) is 0. The van der Waals surface area contributed by atoms with Crippen LogP contribution in [0.15, 0.2) is 0 Å². The number of esters is 1. The van der Waals surface area contributed by atoms with E-state index in [0.29, 0.717) is 16.5 Å². The maximum Gasteiger partial charge on any atom is 0.339 e. The Balaban J connectivity index is 3.06. The van der Waals surface area contributed by atoms with E-state index >= 15 is 0 Å². The molecule has 0 radical (unpaired) electrons. The number of carbonyl (C=O) groups excluding carboxylic acids is 1. The highest BCUT2D eigenvalue weighted by atomic mass is 35.5. The molecule has 1 rings (SSSR count). The first-order valence-corrected chi connectivity index (χ1v) is 5.20. The van der Waals surface area contributed by atoms with Crippen LogP contribution in [0, 0.1) is 13.8 Å². The first-order chi connectivity index (χ1) is 6.07. The van der Waals surface area contributed by atoms with E-state index in [2.05, 4.69) is 0 Å². The standard InChI is InChI=1S/C9H11ClO2S/c1-4-12-9(11)7-5(2)8(10)13-6(7)3/h4H2,1-3H3. The van der Waals surface area contributed by atoms with E-state index in [1.54, 1.807) is 6.92 Å². The molecular weight excluding hydrogens is 208 g/mol. The van der Waals surface area contributed by atoms with Crippen LogP contribution in [0.25, 0.3) is 0 Å². The molecule has 72 valence electrons. The number of halogens is 1. The molecule has 1 aromatic heterocycles. The Bertz CT molecular complexity index is 331. The van der Waals surface area contributed by atoms with Gasteiger partial charge >= 0.3 is 5.97 Å². The van der Waals surface area contributed by atoms with Crippen molar-refractivity contribution in [2.75, 3.05) is 6.61 Å². The SMILES string of the molecule is CCOC(=O)c1c(C)sc(Cl)c1C. The van der Waals surface area contributed by atoms with E-state index in [1.807, 2.05) is 13.8 Å². The number of aryl methyl sites for hydroxylation is 1. The number of hydrogen-bond acceptors (Lipinski definition) is 3. The highest BCUT2D eigenvalue weighted by Gasteiger charge is 2.18. The molecule has 0 saturated carbocycles. The van der Waals surface area contributed by atoms with Crippen LogP contribution >= 0.6 is 22.9 Å². The summed E-state index contributed by atoms with van der Waals surface area (Å²) >= 11 is 7.30. The maximum absolute atomic E-state index is 11.4. The molecule has 13 heavy (non-hydrogen) atoms. The smallest absolute Gasteiger partial charge is 0.339 e. The Morgan fingerprint density at radius 1 is 1.54 bits per heavy atom. The molecule has 4 heteroatoms. The second-order valence-electron chi connectivity index (χ2n) is 2.65. The minimum atomic E-state index is -0.277. The molecule has 0 aliphatic rings. The number of rotatable bonds is 2. The largest absolute Gasteiger partial charge is 0.462 e. The molecule has 0 atom stereocenters. The Morgan fingerprint density at radius 2 is 2.15 bits per heavy atom. The van der Waals surface area contributed by atoms with Crippen molar-refractivity contribution in [1.82, 2.24) is 0 Å². The van der Waals surface area contributed by atoms with Gasteiger partial charge in [-0.3, -0.25) is 0 Å². The van der Waals surface area contributed by atoms with Crippen LogP contribution < -0.4 is 0 Å². The number of thiophene rings is 1. The van der Waals surface area contributed by atoms with Crippen LogP contribution in [0.3, 0.4) is 0 Å². The van der Waals surface area contributed by atoms with E-state index in [1.165, 1.54) is 11.3 Å². The Kier molecular flexibility index (Phi) is 3.33. The van der Waals surface area contributed by atoms with E-state index in [0.717, 1.165) is 10.4 Å². The minimum Gasteiger partial charge on any atom is -0.462 e. The third kappa shape index (κ3) is 2.03. The van der Waals surface area contributed by atoms with E-state index in [9.17, 15) is 4.79 Å². The van der Waals surface area contributed by atoms with Crippen molar-refractivity contribution in [3.05, 3.63) is 20.3 Å². The van der Waals surface area contributed by atoms with Gasteiger partial charge in [0.05, 0.1) is 16.5 Å². The Hall–Kier alpha value is -0.540. The molecule has 0 spiro atoms. The van der Waals surface area contributed by atoms with Gasteiger partial charge in [-0.25, -0.2) is 4.79 Å². The molecule has 0 fully saturated rings. The zero-order valence-corrected chi connectivity index (χ0v) is 9.38. The van der Waals surface area contributed by atoms with Crippen LogP contribution in [0.1, 0.15) is 27.7 Å². The van der Waals surface area contributed by atoms with Crippen molar-refractivity contribution in [1.29, 1.82) is 0 Å². The van der Waals surface area contributed by atoms with E-state index in [-0.39, 0.29) is 5.97 Å². The second kappa shape index (κ2) is 4.11. The van der Waals surface area contributed by atoms with Crippen LogP contribution in [-0.2, 0) is 4.74 Å². The van der Waals surface area contributed by atoms with Gasteiger partial charge in [-0.1, -0.05) is 11.6 Å². The monoisotopic (exact) mass is 218 g/mol. The summed E-state index contributed by atoms with van der Waals surface area (Å²) < 4.78 is 5.58. The summed E-state index contributed by atoms with van der Waals surface area (Å²) in [6.45, 7) is 5.88. The van der Waals surface area contributed by atoms with Crippen LogP contribution in [0.2, 0.25) is 4.34 Å². The molecule has 0 N–H and O–H groups in total. The number of hydrogen-bond donors (Lipinski definition) is 0. The lowest BCUT2D eigenvalue weighted by Crippen LogP contribution is -2.06. The number of carbonyl (C=O) groups is 1. The lowest BCUT2D eigenvalue weighted by molar-refractivity contribution is 0.0525. The lowest BCUT2D eigenvalue weighted by Gasteiger charge is -2.01. The van der Waals surface area contributed by atoms with Crippen molar-refractivity contribution in [3.8, 4) is 0 Å². The van der Waals surface area contributed by atoms with Crippen LogP contribution in [-0.4, -0.2) is 12.6 Å². The van der Waals surface area contributed by atoms with Gasteiger partial charge in [-0.2, -0.15) is 0 Å². The van der Waals surface area contributed by atoms with Gasteiger partial charge in [0.2, 0.25) is 0 Å². The molecule has 0 aliphatic heterocycles. The minimum absolute atomic E-state index is 0.277.